The van der Waals surface area contributed by atoms with Crippen molar-refractivity contribution in [1.82, 2.24) is 14.5 Å². The van der Waals surface area contributed by atoms with E-state index in [2.05, 4.69) is 5.32 Å². The zero-order chi connectivity index (χ0) is 27.8. The summed E-state index contributed by atoms with van der Waals surface area (Å²) in [6, 6.07) is 24.1. The summed E-state index contributed by atoms with van der Waals surface area (Å²) in [6.45, 7) is 0.0454. The summed E-state index contributed by atoms with van der Waals surface area (Å²) in [4.78, 5) is 40.1. The molecular weight excluding hydrogens is 494 g/mol. The molecule has 0 saturated carbocycles. The number of nitrogens with one attached hydrogen (secondary N) is 1. The number of ether oxygens (including phenoxy) is 2. The van der Waals surface area contributed by atoms with Gasteiger partial charge in [-0.2, -0.15) is 0 Å². The van der Waals surface area contributed by atoms with Crippen molar-refractivity contribution < 1.29 is 14.3 Å². The zero-order valence-electron chi connectivity index (χ0n) is 22.2. The van der Waals surface area contributed by atoms with E-state index in [1.165, 1.54) is 9.13 Å². The van der Waals surface area contributed by atoms with Gasteiger partial charge in [0.05, 0.1) is 14.2 Å². The SMILES string of the molecule is COc1ccc(CCNC(=O)Cn2c(=O)c(=Cc3ccccc3)n(C)c(=O)c2=Cc2ccccc2)cc1OC. The van der Waals surface area contributed by atoms with Crippen molar-refractivity contribution in [3.8, 4) is 11.5 Å². The summed E-state index contributed by atoms with van der Waals surface area (Å²) < 4.78 is 13.2. The Morgan fingerprint density at radius 1 is 0.795 bits per heavy atom. The molecule has 4 aromatic rings. The van der Waals surface area contributed by atoms with Gasteiger partial charge in [0.25, 0.3) is 11.1 Å². The predicted molar refractivity (Wildman–Crippen MR) is 151 cm³/mol. The number of benzene rings is 3. The third-order valence-corrected chi connectivity index (χ3v) is 6.33. The fraction of sp³-hybridized carbons (Fsp3) is 0.194. The highest BCUT2D eigenvalue weighted by molar-refractivity contribution is 5.75. The van der Waals surface area contributed by atoms with E-state index in [0.29, 0.717) is 24.5 Å². The Morgan fingerprint density at radius 3 is 1.97 bits per heavy atom. The summed E-state index contributed by atoms with van der Waals surface area (Å²) in [5.74, 6) is 0.858. The average Bonchev–Trinajstić information content (AvgIpc) is 2.97. The number of rotatable bonds is 9. The van der Waals surface area contributed by atoms with Crippen LogP contribution in [-0.2, 0) is 24.8 Å². The summed E-state index contributed by atoms with van der Waals surface area (Å²) in [5, 5.41) is 3.19. The molecule has 0 radical (unpaired) electrons. The number of hydrogen-bond donors (Lipinski definition) is 1. The Morgan fingerprint density at radius 2 is 1.38 bits per heavy atom. The van der Waals surface area contributed by atoms with Crippen LogP contribution in [0.4, 0.5) is 0 Å². The van der Waals surface area contributed by atoms with Gasteiger partial charge in [0.15, 0.2) is 11.5 Å². The van der Waals surface area contributed by atoms with E-state index in [4.69, 9.17) is 9.47 Å². The fourth-order valence-electron chi connectivity index (χ4n) is 4.24. The molecular formula is C31H31N3O5. The van der Waals surface area contributed by atoms with E-state index in [1.807, 2.05) is 78.9 Å². The first-order chi connectivity index (χ1) is 18.9. The maximum atomic E-state index is 13.7. The van der Waals surface area contributed by atoms with Crippen molar-refractivity contribution in [2.24, 2.45) is 7.05 Å². The highest BCUT2D eigenvalue weighted by atomic mass is 16.5. The molecule has 8 nitrogen and oxygen atoms in total. The van der Waals surface area contributed by atoms with Crippen LogP contribution in [0.1, 0.15) is 16.7 Å². The number of carbonyl (C=O) groups is 1. The Hall–Kier alpha value is -4.85. The molecule has 0 bridgehead atoms. The van der Waals surface area contributed by atoms with E-state index in [1.54, 1.807) is 33.4 Å². The molecule has 39 heavy (non-hydrogen) atoms. The highest BCUT2D eigenvalue weighted by Crippen LogP contribution is 2.27. The lowest BCUT2D eigenvalue weighted by Crippen LogP contribution is -2.58. The van der Waals surface area contributed by atoms with Gasteiger partial charge in [0, 0.05) is 13.6 Å². The Labute approximate surface area is 226 Å². The lowest BCUT2D eigenvalue weighted by atomic mass is 10.1. The maximum Gasteiger partial charge on any atom is 0.275 e. The Bertz CT molecular complexity index is 1690. The molecule has 1 aromatic heterocycles. The minimum Gasteiger partial charge on any atom is -0.493 e. The normalized spacial score (nSPS) is 11.9. The predicted octanol–water partition coefficient (Wildman–Crippen LogP) is 1.58. The van der Waals surface area contributed by atoms with E-state index in [0.717, 1.165) is 16.7 Å². The summed E-state index contributed by atoms with van der Waals surface area (Å²) in [6.07, 6.45) is 3.84. The van der Waals surface area contributed by atoms with Crippen LogP contribution in [0.25, 0.3) is 12.2 Å². The summed E-state index contributed by atoms with van der Waals surface area (Å²) in [7, 11) is 4.70. The van der Waals surface area contributed by atoms with Gasteiger partial charge in [0.2, 0.25) is 5.91 Å². The van der Waals surface area contributed by atoms with Crippen LogP contribution in [0, 0.1) is 0 Å². The number of carbonyl (C=O) groups excluding carboxylic acids is 1. The minimum atomic E-state index is -0.432. The molecule has 4 rings (SSSR count). The minimum absolute atomic E-state index is 0.133. The molecule has 0 aliphatic heterocycles. The van der Waals surface area contributed by atoms with Crippen LogP contribution in [0.15, 0.2) is 88.5 Å². The molecule has 1 N–H and O–H groups in total. The highest BCUT2D eigenvalue weighted by Gasteiger charge is 2.13. The van der Waals surface area contributed by atoms with Crippen molar-refractivity contribution in [3.05, 3.63) is 127 Å². The largest absolute Gasteiger partial charge is 0.493 e. The molecule has 0 spiro atoms. The second kappa shape index (κ2) is 12.6. The molecule has 1 amide bonds. The number of nitrogens with zero attached hydrogens (tertiary/aromatic N) is 2. The zero-order valence-corrected chi connectivity index (χ0v) is 22.2. The van der Waals surface area contributed by atoms with Gasteiger partial charge >= 0.3 is 0 Å². The van der Waals surface area contributed by atoms with Crippen molar-refractivity contribution in [1.29, 1.82) is 0 Å². The van der Waals surface area contributed by atoms with Crippen molar-refractivity contribution >= 4 is 18.1 Å². The second-order valence-corrected chi connectivity index (χ2v) is 8.93. The van der Waals surface area contributed by atoms with Gasteiger partial charge in [0.1, 0.15) is 17.2 Å². The van der Waals surface area contributed by atoms with Crippen LogP contribution in [-0.4, -0.2) is 35.8 Å². The van der Waals surface area contributed by atoms with Crippen molar-refractivity contribution in [3.63, 3.8) is 0 Å². The number of aromatic nitrogens is 2. The Balaban J connectivity index is 1.67. The molecule has 1 heterocycles. The van der Waals surface area contributed by atoms with Gasteiger partial charge in [-0.15, -0.1) is 0 Å². The first kappa shape index (κ1) is 27.2. The van der Waals surface area contributed by atoms with Crippen molar-refractivity contribution in [2.45, 2.75) is 13.0 Å². The van der Waals surface area contributed by atoms with Gasteiger partial charge in [-0.3, -0.25) is 19.0 Å². The van der Waals surface area contributed by atoms with Gasteiger partial charge in [-0.05, 0) is 47.4 Å². The molecule has 200 valence electrons. The molecule has 8 heteroatoms. The first-order valence-electron chi connectivity index (χ1n) is 12.5. The molecule has 0 saturated heterocycles. The number of amides is 1. The maximum absolute atomic E-state index is 13.7. The number of methoxy groups -OCH3 is 2. The van der Waals surface area contributed by atoms with Crippen LogP contribution in [0.2, 0.25) is 0 Å². The quantitative estimate of drug-likeness (QED) is 0.358. The van der Waals surface area contributed by atoms with E-state index in [9.17, 15) is 14.4 Å². The standard InChI is InChI=1S/C31H31N3O5/c1-33-25(18-22-10-6-4-7-11-22)31(37)34(26(30(33)36)19-23-12-8-5-9-13-23)21-29(35)32-17-16-24-14-15-27(38-2)28(20-24)39-3/h4-15,18-20H,16-17,21H2,1-3H3,(H,32,35). The van der Waals surface area contributed by atoms with Crippen LogP contribution in [0.3, 0.4) is 0 Å². The fourth-order valence-corrected chi connectivity index (χ4v) is 4.24. The lowest BCUT2D eigenvalue weighted by Gasteiger charge is -2.12. The van der Waals surface area contributed by atoms with Crippen LogP contribution < -0.4 is 36.6 Å². The van der Waals surface area contributed by atoms with Crippen LogP contribution >= 0.6 is 0 Å². The second-order valence-electron chi connectivity index (χ2n) is 8.93. The monoisotopic (exact) mass is 525 g/mol. The van der Waals surface area contributed by atoms with Gasteiger partial charge in [-0.1, -0.05) is 66.7 Å². The molecule has 0 atom stereocenters. The topological polar surface area (TPSA) is 91.6 Å². The summed E-state index contributed by atoms with van der Waals surface area (Å²) in [5.41, 5.74) is 1.67. The molecule has 0 fully saturated rings. The van der Waals surface area contributed by atoms with Crippen molar-refractivity contribution in [2.75, 3.05) is 20.8 Å². The lowest BCUT2D eigenvalue weighted by molar-refractivity contribution is -0.121. The van der Waals surface area contributed by atoms with Gasteiger partial charge < -0.3 is 19.4 Å². The average molecular weight is 526 g/mol. The number of hydrogen-bond acceptors (Lipinski definition) is 5. The first-order valence-corrected chi connectivity index (χ1v) is 12.5. The third kappa shape index (κ3) is 6.54. The summed E-state index contributed by atoms with van der Waals surface area (Å²) >= 11 is 0. The Kier molecular flexibility index (Phi) is 8.78. The molecule has 0 unspecified atom stereocenters. The van der Waals surface area contributed by atoms with E-state index >= 15 is 0 Å². The van der Waals surface area contributed by atoms with Gasteiger partial charge in [-0.25, -0.2) is 0 Å². The van der Waals surface area contributed by atoms with E-state index < -0.39 is 5.56 Å². The third-order valence-electron chi connectivity index (χ3n) is 6.33. The molecule has 0 aliphatic rings. The molecule has 3 aromatic carbocycles. The van der Waals surface area contributed by atoms with Crippen LogP contribution in [0.5, 0.6) is 11.5 Å². The smallest absolute Gasteiger partial charge is 0.275 e. The molecule has 0 aliphatic carbocycles. The van der Waals surface area contributed by atoms with E-state index in [-0.39, 0.29) is 28.7 Å².